The largest absolute Gasteiger partial charge is 0.359 e. The minimum Gasteiger partial charge on any atom is -0.359 e. The van der Waals surface area contributed by atoms with E-state index in [-0.39, 0.29) is 0 Å². The zero-order valence-corrected chi connectivity index (χ0v) is 11.6. The lowest BCUT2D eigenvalue weighted by molar-refractivity contribution is 0.356. The number of nitrogens with one attached hydrogen (secondary N) is 3. The summed E-state index contributed by atoms with van der Waals surface area (Å²) in [5, 5.41) is 8.32. The van der Waals surface area contributed by atoms with Gasteiger partial charge in [-0.1, -0.05) is 12.1 Å². The molecule has 0 radical (unpaired) electrons. The van der Waals surface area contributed by atoms with Crippen LogP contribution in [-0.4, -0.2) is 24.6 Å². The molecule has 3 N–H and O–H groups in total. The fraction of sp³-hybridized carbons (Fsp3) is 0.500. The van der Waals surface area contributed by atoms with Crippen molar-refractivity contribution in [3.63, 3.8) is 0 Å². The fourth-order valence-electron chi connectivity index (χ4n) is 2.94. The van der Waals surface area contributed by atoms with Gasteiger partial charge in [-0.2, -0.15) is 0 Å². The quantitative estimate of drug-likeness (QED) is 0.788. The van der Waals surface area contributed by atoms with Gasteiger partial charge in [0.25, 0.3) is 0 Å². The molecule has 102 valence electrons. The van der Waals surface area contributed by atoms with Gasteiger partial charge in [-0.05, 0) is 68.4 Å². The zero-order valence-electron chi connectivity index (χ0n) is 11.6. The molecular formula is C16H23N3. The molecule has 1 aliphatic rings. The maximum absolute atomic E-state index is 3.60. The predicted molar refractivity (Wildman–Crippen MR) is 80.3 cm³/mol. The van der Waals surface area contributed by atoms with Crippen molar-refractivity contribution in [2.45, 2.75) is 26.3 Å². The monoisotopic (exact) mass is 257 g/mol. The first-order chi connectivity index (χ1) is 9.31. The van der Waals surface area contributed by atoms with Crippen molar-refractivity contribution in [1.29, 1.82) is 0 Å². The molecule has 0 aliphatic carbocycles. The van der Waals surface area contributed by atoms with Gasteiger partial charge in [0.2, 0.25) is 0 Å². The Kier molecular flexibility index (Phi) is 3.85. The molecule has 0 amide bonds. The fourth-order valence-corrected chi connectivity index (χ4v) is 2.94. The van der Waals surface area contributed by atoms with Crippen LogP contribution in [0, 0.1) is 12.8 Å². The molecule has 2 aromatic rings. The summed E-state index contributed by atoms with van der Waals surface area (Å²) in [5.41, 5.74) is 3.84. The SMILES string of the molecule is Cc1cc2ccc(CNCC3CCNCC3)cc2[nH]1. The van der Waals surface area contributed by atoms with Gasteiger partial charge in [0, 0.05) is 17.8 Å². The molecule has 1 saturated heterocycles. The van der Waals surface area contributed by atoms with Gasteiger partial charge in [0.05, 0.1) is 0 Å². The first-order valence-electron chi connectivity index (χ1n) is 7.31. The number of hydrogen-bond donors (Lipinski definition) is 3. The first kappa shape index (κ1) is 12.7. The lowest BCUT2D eigenvalue weighted by Gasteiger charge is -2.22. The Balaban J connectivity index is 1.55. The highest BCUT2D eigenvalue weighted by molar-refractivity contribution is 5.80. The van der Waals surface area contributed by atoms with Crippen molar-refractivity contribution in [2.75, 3.05) is 19.6 Å². The Labute approximate surface area is 114 Å². The smallest absolute Gasteiger partial charge is 0.0459 e. The normalized spacial score (nSPS) is 17.1. The lowest BCUT2D eigenvalue weighted by atomic mass is 9.98. The molecule has 1 aromatic carbocycles. The number of hydrogen-bond acceptors (Lipinski definition) is 2. The molecule has 1 aliphatic heterocycles. The lowest BCUT2D eigenvalue weighted by Crippen LogP contribution is -2.33. The molecule has 0 unspecified atom stereocenters. The second-order valence-electron chi connectivity index (χ2n) is 5.70. The number of fused-ring (bicyclic) bond motifs is 1. The number of piperidine rings is 1. The van der Waals surface area contributed by atoms with Crippen LogP contribution in [0.5, 0.6) is 0 Å². The highest BCUT2D eigenvalue weighted by Gasteiger charge is 2.11. The predicted octanol–water partition coefficient (Wildman–Crippen LogP) is 2.57. The van der Waals surface area contributed by atoms with Crippen LogP contribution in [0.2, 0.25) is 0 Å². The standard InChI is InChI=1S/C16H23N3/c1-12-8-15-3-2-14(9-16(15)19-12)11-18-10-13-4-6-17-7-5-13/h2-3,8-9,13,17-19H,4-7,10-11H2,1H3. The summed E-state index contributed by atoms with van der Waals surface area (Å²) >= 11 is 0. The Bertz CT molecular complexity index is 538. The molecule has 0 bridgehead atoms. The Morgan fingerprint density at radius 3 is 2.89 bits per heavy atom. The summed E-state index contributed by atoms with van der Waals surface area (Å²) < 4.78 is 0. The Hall–Kier alpha value is -1.32. The second kappa shape index (κ2) is 5.76. The van der Waals surface area contributed by atoms with Gasteiger partial charge in [-0.15, -0.1) is 0 Å². The van der Waals surface area contributed by atoms with Crippen molar-refractivity contribution >= 4 is 10.9 Å². The molecule has 2 heterocycles. The minimum atomic E-state index is 0.845. The summed E-state index contributed by atoms with van der Waals surface area (Å²) in [6.07, 6.45) is 2.61. The number of aromatic amines is 1. The minimum absolute atomic E-state index is 0.845. The van der Waals surface area contributed by atoms with Gasteiger partial charge in [-0.3, -0.25) is 0 Å². The number of H-pyrrole nitrogens is 1. The third-order valence-corrected chi connectivity index (χ3v) is 4.04. The van der Waals surface area contributed by atoms with Crippen LogP contribution in [0.15, 0.2) is 24.3 Å². The van der Waals surface area contributed by atoms with Gasteiger partial charge < -0.3 is 15.6 Å². The topological polar surface area (TPSA) is 39.8 Å². The van der Waals surface area contributed by atoms with Crippen molar-refractivity contribution < 1.29 is 0 Å². The van der Waals surface area contributed by atoms with E-state index in [2.05, 4.69) is 46.8 Å². The van der Waals surface area contributed by atoms with E-state index in [4.69, 9.17) is 0 Å². The molecule has 19 heavy (non-hydrogen) atoms. The molecule has 0 atom stereocenters. The Morgan fingerprint density at radius 1 is 1.21 bits per heavy atom. The van der Waals surface area contributed by atoms with Crippen molar-refractivity contribution in [2.24, 2.45) is 5.92 Å². The Morgan fingerprint density at radius 2 is 2.05 bits per heavy atom. The van der Waals surface area contributed by atoms with Crippen molar-refractivity contribution in [3.8, 4) is 0 Å². The number of aryl methyl sites for hydroxylation is 1. The van der Waals surface area contributed by atoms with E-state index in [1.54, 1.807) is 0 Å². The van der Waals surface area contributed by atoms with Crippen LogP contribution in [0.25, 0.3) is 10.9 Å². The van der Waals surface area contributed by atoms with Crippen LogP contribution in [0.3, 0.4) is 0 Å². The third-order valence-electron chi connectivity index (χ3n) is 4.04. The first-order valence-corrected chi connectivity index (χ1v) is 7.31. The van der Waals surface area contributed by atoms with E-state index < -0.39 is 0 Å². The van der Waals surface area contributed by atoms with E-state index in [0.717, 1.165) is 19.0 Å². The van der Waals surface area contributed by atoms with E-state index in [1.165, 1.54) is 48.1 Å². The van der Waals surface area contributed by atoms with Crippen molar-refractivity contribution in [1.82, 2.24) is 15.6 Å². The average Bonchev–Trinajstić information content (AvgIpc) is 2.79. The van der Waals surface area contributed by atoms with Gasteiger partial charge in [0.15, 0.2) is 0 Å². The summed E-state index contributed by atoms with van der Waals surface area (Å²) in [5.74, 6) is 0.845. The molecule has 1 fully saturated rings. The second-order valence-corrected chi connectivity index (χ2v) is 5.70. The van der Waals surface area contributed by atoms with Gasteiger partial charge in [-0.25, -0.2) is 0 Å². The molecule has 3 nitrogen and oxygen atoms in total. The van der Waals surface area contributed by atoms with Crippen LogP contribution in [-0.2, 0) is 6.54 Å². The van der Waals surface area contributed by atoms with E-state index in [1.807, 2.05) is 0 Å². The number of aromatic nitrogens is 1. The maximum Gasteiger partial charge on any atom is 0.0459 e. The summed E-state index contributed by atoms with van der Waals surface area (Å²) in [4.78, 5) is 3.40. The third kappa shape index (κ3) is 3.17. The average molecular weight is 257 g/mol. The number of benzene rings is 1. The summed E-state index contributed by atoms with van der Waals surface area (Å²) in [6.45, 7) is 6.58. The van der Waals surface area contributed by atoms with E-state index in [0.29, 0.717) is 0 Å². The molecule has 0 spiro atoms. The molecule has 1 aromatic heterocycles. The maximum atomic E-state index is 3.60. The molecule has 0 saturated carbocycles. The molecule has 3 rings (SSSR count). The highest BCUT2D eigenvalue weighted by Crippen LogP contribution is 2.17. The van der Waals surface area contributed by atoms with Crippen LogP contribution >= 0.6 is 0 Å². The highest BCUT2D eigenvalue weighted by atomic mass is 14.9. The number of rotatable bonds is 4. The van der Waals surface area contributed by atoms with Crippen molar-refractivity contribution in [3.05, 3.63) is 35.5 Å². The molecule has 3 heteroatoms. The van der Waals surface area contributed by atoms with Gasteiger partial charge in [0.1, 0.15) is 0 Å². The summed E-state index contributed by atoms with van der Waals surface area (Å²) in [6, 6.07) is 8.89. The molecular weight excluding hydrogens is 234 g/mol. The van der Waals surface area contributed by atoms with E-state index >= 15 is 0 Å². The van der Waals surface area contributed by atoms with Crippen LogP contribution < -0.4 is 10.6 Å². The zero-order chi connectivity index (χ0) is 13.1. The van der Waals surface area contributed by atoms with Gasteiger partial charge >= 0.3 is 0 Å². The van der Waals surface area contributed by atoms with Crippen LogP contribution in [0.4, 0.5) is 0 Å². The van der Waals surface area contributed by atoms with Crippen LogP contribution in [0.1, 0.15) is 24.1 Å². The summed E-state index contributed by atoms with van der Waals surface area (Å²) in [7, 11) is 0. The van der Waals surface area contributed by atoms with E-state index in [9.17, 15) is 0 Å².